The number of allylic oxidation sites excluding steroid dienone is 1. The number of unbranched alkanes of at least 4 members (excludes halogenated alkanes) is 1. The first-order chi connectivity index (χ1) is 22.4. The van der Waals surface area contributed by atoms with E-state index in [-0.39, 0.29) is 24.2 Å². The molecular formula is C38H65NO8. The minimum Gasteiger partial charge on any atom is -0.446 e. The van der Waals surface area contributed by atoms with Crippen LogP contribution in [0.1, 0.15) is 118 Å². The quantitative estimate of drug-likeness (QED) is 0.125. The van der Waals surface area contributed by atoms with Crippen molar-refractivity contribution < 1.29 is 39.4 Å². The summed E-state index contributed by atoms with van der Waals surface area (Å²) in [5.74, 6) is 4.88. The van der Waals surface area contributed by atoms with E-state index in [0.29, 0.717) is 24.8 Å². The van der Waals surface area contributed by atoms with Gasteiger partial charge in [-0.2, -0.15) is 0 Å². The van der Waals surface area contributed by atoms with Gasteiger partial charge in [0, 0.05) is 19.6 Å². The maximum Gasteiger partial charge on any atom is 0.407 e. The normalized spacial score (nSPS) is 42.2. The van der Waals surface area contributed by atoms with E-state index in [4.69, 9.17) is 14.2 Å². The van der Waals surface area contributed by atoms with E-state index in [1.165, 1.54) is 56.9 Å². The standard InChI is InChI=1S/C38H65NO8/c1-23(2)9-8-10-24(3)28-13-14-29-27-12-11-25-21-26(15-17-37(25,4)30(27)16-18-38(28,29)5)46-36(44)39-19-6-7-20-45-35-34(43)33(42)32(41)31(22-40)47-35/h11,23-24,26-35,40-43H,6-10,12-22H2,1-5H3,(H,39,44)/t24-,26+,27+,28-,29+,30+,31-,32-,33+,34+,35?,37+,38-/m1/s1. The molecule has 47 heavy (non-hydrogen) atoms. The van der Waals surface area contributed by atoms with Gasteiger partial charge < -0.3 is 40.0 Å². The smallest absolute Gasteiger partial charge is 0.407 e. The fraction of sp³-hybridized carbons (Fsp3) is 0.921. The van der Waals surface area contributed by atoms with Crippen LogP contribution in [0.25, 0.3) is 0 Å². The molecule has 13 atom stereocenters. The van der Waals surface area contributed by atoms with E-state index in [9.17, 15) is 25.2 Å². The Hall–Kier alpha value is -1.23. The summed E-state index contributed by atoms with van der Waals surface area (Å²) < 4.78 is 16.8. The summed E-state index contributed by atoms with van der Waals surface area (Å²) >= 11 is 0. The Labute approximate surface area is 283 Å². The van der Waals surface area contributed by atoms with Crippen molar-refractivity contribution in [2.45, 2.75) is 155 Å². The van der Waals surface area contributed by atoms with Gasteiger partial charge in [-0.3, -0.25) is 0 Å². The lowest BCUT2D eigenvalue weighted by atomic mass is 9.47. The highest BCUT2D eigenvalue weighted by Gasteiger charge is 2.59. The van der Waals surface area contributed by atoms with E-state index in [1.807, 2.05) is 0 Å². The Kier molecular flexibility index (Phi) is 12.4. The van der Waals surface area contributed by atoms with Crippen LogP contribution in [0.4, 0.5) is 4.79 Å². The average Bonchev–Trinajstić information content (AvgIpc) is 3.39. The maximum absolute atomic E-state index is 12.7. The lowest BCUT2D eigenvalue weighted by molar-refractivity contribution is -0.301. The summed E-state index contributed by atoms with van der Waals surface area (Å²) in [6, 6.07) is 0. The predicted octanol–water partition coefficient (Wildman–Crippen LogP) is 5.72. The van der Waals surface area contributed by atoms with Gasteiger partial charge in [0.2, 0.25) is 0 Å². The Morgan fingerprint density at radius 3 is 2.51 bits per heavy atom. The first-order valence-corrected chi connectivity index (χ1v) is 18.9. The fourth-order valence-electron chi connectivity index (χ4n) is 10.8. The minimum absolute atomic E-state index is 0.0863. The molecule has 1 unspecified atom stereocenters. The first-order valence-electron chi connectivity index (χ1n) is 18.9. The Bertz CT molecular complexity index is 1070. The van der Waals surface area contributed by atoms with Crippen LogP contribution in [0, 0.1) is 46.3 Å². The highest BCUT2D eigenvalue weighted by atomic mass is 16.7. The number of hydrogen-bond donors (Lipinski definition) is 5. The van der Waals surface area contributed by atoms with Crippen molar-refractivity contribution in [1.29, 1.82) is 0 Å². The summed E-state index contributed by atoms with van der Waals surface area (Å²) in [6.45, 7) is 12.6. The summed E-state index contributed by atoms with van der Waals surface area (Å²) in [7, 11) is 0. The second kappa shape index (κ2) is 15.8. The van der Waals surface area contributed by atoms with Crippen molar-refractivity contribution in [1.82, 2.24) is 5.32 Å². The van der Waals surface area contributed by atoms with Gasteiger partial charge in [-0.15, -0.1) is 0 Å². The number of hydrogen-bond acceptors (Lipinski definition) is 8. The molecule has 1 heterocycles. The Morgan fingerprint density at radius 2 is 1.77 bits per heavy atom. The Balaban J connectivity index is 1.04. The fourth-order valence-corrected chi connectivity index (χ4v) is 10.8. The van der Waals surface area contributed by atoms with E-state index in [0.717, 1.165) is 54.8 Å². The zero-order valence-electron chi connectivity index (χ0n) is 29.7. The van der Waals surface area contributed by atoms with E-state index >= 15 is 0 Å². The molecule has 5 N–H and O–H groups in total. The number of nitrogens with one attached hydrogen (secondary N) is 1. The van der Waals surface area contributed by atoms with Crippen LogP contribution in [-0.2, 0) is 14.2 Å². The molecule has 0 aromatic rings. The molecule has 4 fully saturated rings. The van der Waals surface area contributed by atoms with Crippen LogP contribution in [0.2, 0.25) is 0 Å². The van der Waals surface area contributed by atoms with Gasteiger partial charge in [-0.25, -0.2) is 4.79 Å². The predicted molar refractivity (Wildman–Crippen MR) is 180 cm³/mol. The van der Waals surface area contributed by atoms with E-state index in [1.54, 1.807) is 0 Å². The highest BCUT2D eigenvalue weighted by molar-refractivity contribution is 5.67. The van der Waals surface area contributed by atoms with Crippen LogP contribution in [-0.4, -0.2) is 83.1 Å². The second-order valence-corrected chi connectivity index (χ2v) is 16.8. The molecule has 1 amide bonds. The maximum atomic E-state index is 12.7. The number of ether oxygens (including phenoxy) is 3. The van der Waals surface area contributed by atoms with Crippen molar-refractivity contribution in [3.8, 4) is 0 Å². The zero-order valence-corrected chi connectivity index (χ0v) is 29.7. The van der Waals surface area contributed by atoms with Gasteiger partial charge >= 0.3 is 6.09 Å². The average molecular weight is 664 g/mol. The van der Waals surface area contributed by atoms with Gasteiger partial charge in [0.25, 0.3) is 0 Å². The molecule has 0 aromatic carbocycles. The molecule has 0 radical (unpaired) electrons. The third-order valence-electron chi connectivity index (χ3n) is 13.5. The number of fused-ring (bicyclic) bond motifs is 5. The summed E-state index contributed by atoms with van der Waals surface area (Å²) in [5.41, 5.74) is 2.24. The molecule has 9 nitrogen and oxygen atoms in total. The molecule has 0 spiro atoms. The van der Waals surface area contributed by atoms with Crippen molar-refractivity contribution in [3.63, 3.8) is 0 Å². The molecule has 3 saturated carbocycles. The Morgan fingerprint density at radius 1 is 0.979 bits per heavy atom. The van der Waals surface area contributed by atoms with Crippen LogP contribution >= 0.6 is 0 Å². The largest absolute Gasteiger partial charge is 0.446 e. The first kappa shape index (κ1) is 37.0. The number of aliphatic hydroxyl groups excluding tert-OH is 4. The number of aliphatic hydroxyl groups is 4. The van der Waals surface area contributed by atoms with Gasteiger partial charge in [-0.1, -0.05) is 65.5 Å². The van der Waals surface area contributed by atoms with Crippen LogP contribution < -0.4 is 5.32 Å². The molecule has 1 saturated heterocycles. The number of carbonyl (C=O) groups excluding carboxylic acids is 1. The SMILES string of the molecule is CC(C)CCC[C@@H](C)[C@H]1CC[C@H]2[C@@H]3CC=C4C[C@@H](OC(=O)NCCCCOC5O[C@H](CO)[C@@H](O)[C@H](O)[C@@H]5O)CC[C@]4(C)[C@H]3CC[C@]12C. The lowest BCUT2D eigenvalue weighted by Crippen LogP contribution is -2.59. The second-order valence-electron chi connectivity index (χ2n) is 16.8. The third kappa shape index (κ3) is 7.91. The molecule has 1 aliphatic heterocycles. The molecule has 5 aliphatic rings. The third-order valence-corrected chi connectivity index (χ3v) is 13.5. The zero-order chi connectivity index (χ0) is 33.9. The molecule has 5 rings (SSSR count). The van der Waals surface area contributed by atoms with E-state index < -0.39 is 37.3 Å². The summed E-state index contributed by atoms with van der Waals surface area (Å²) in [6.07, 6.45) is 10.6. The van der Waals surface area contributed by atoms with Crippen LogP contribution in [0.3, 0.4) is 0 Å². The molecular weight excluding hydrogens is 598 g/mol. The van der Waals surface area contributed by atoms with Gasteiger partial charge in [-0.05, 0) is 104 Å². The summed E-state index contributed by atoms with van der Waals surface area (Å²) in [4.78, 5) is 12.7. The molecule has 4 aliphatic carbocycles. The minimum atomic E-state index is -1.46. The number of amides is 1. The van der Waals surface area contributed by atoms with Crippen molar-refractivity contribution in [2.75, 3.05) is 19.8 Å². The molecule has 0 aromatic heterocycles. The van der Waals surface area contributed by atoms with Gasteiger partial charge in [0.05, 0.1) is 6.61 Å². The van der Waals surface area contributed by atoms with Crippen LogP contribution in [0.15, 0.2) is 11.6 Å². The number of rotatable bonds is 13. The van der Waals surface area contributed by atoms with E-state index in [2.05, 4.69) is 46.0 Å². The van der Waals surface area contributed by atoms with Crippen molar-refractivity contribution in [3.05, 3.63) is 11.6 Å². The lowest BCUT2D eigenvalue weighted by Gasteiger charge is -2.58. The monoisotopic (exact) mass is 663 g/mol. The number of alkyl carbamates (subject to hydrolysis) is 1. The molecule has 9 heteroatoms. The number of carbonyl (C=O) groups is 1. The summed E-state index contributed by atoms with van der Waals surface area (Å²) in [5, 5.41) is 42.1. The van der Waals surface area contributed by atoms with Crippen molar-refractivity contribution >= 4 is 6.09 Å². The highest BCUT2D eigenvalue weighted by Crippen LogP contribution is 2.67. The van der Waals surface area contributed by atoms with Gasteiger partial charge in [0.1, 0.15) is 30.5 Å². The molecule has 0 bridgehead atoms. The topological polar surface area (TPSA) is 138 Å². The van der Waals surface area contributed by atoms with Crippen molar-refractivity contribution in [2.24, 2.45) is 46.3 Å². The van der Waals surface area contributed by atoms with Crippen LogP contribution in [0.5, 0.6) is 0 Å². The van der Waals surface area contributed by atoms with Gasteiger partial charge in [0.15, 0.2) is 6.29 Å². The molecule has 270 valence electrons.